The summed E-state index contributed by atoms with van der Waals surface area (Å²) in [5.41, 5.74) is 9.18. The van der Waals surface area contributed by atoms with Crippen LogP contribution in [0.5, 0.6) is 5.75 Å². The molecule has 192 valence electrons. The summed E-state index contributed by atoms with van der Waals surface area (Å²) in [5, 5.41) is 0.857. The summed E-state index contributed by atoms with van der Waals surface area (Å²) in [6.07, 6.45) is 7.89. The lowest BCUT2D eigenvalue weighted by Crippen LogP contribution is -2.44. The third kappa shape index (κ3) is 4.78. The van der Waals surface area contributed by atoms with Crippen LogP contribution in [0.1, 0.15) is 44.6 Å². The van der Waals surface area contributed by atoms with Crippen LogP contribution in [0.4, 0.5) is 14.6 Å². The van der Waals surface area contributed by atoms with Gasteiger partial charge in [0.05, 0.1) is 11.5 Å². The zero-order valence-corrected chi connectivity index (χ0v) is 20.4. The van der Waals surface area contributed by atoms with Crippen molar-refractivity contribution in [3.05, 3.63) is 36.8 Å². The van der Waals surface area contributed by atoms with Crippen LogP contribution in [-0.2, 0) is 4.74 Å². The fourth-order valence-electron chi connectivity index (χ4n) is 5.83. The van der Waals surface area contributed by atoms with E-state index in [0.717, 1.165) is 66.7 Å². The number of fused-ring (bicyclic) bond motifs is 1. The van der Waals surface area contributed by atoms with Gasteiger partial charge in [-0.15, -0.1) is 0 Å². The van der Waals surface area contributed by atoms with Crippen molar-refractivity contribution in [2.24, 2.45) is 5.92 Å². The van der Waals surface area contributed by atoms with Crippen molar-refractivity contribution >= 4 is 16.9 Å². The number of nitrogens with two attached hydrogens (primary N) is 1. The van der Waals surface area contributed by atoms with Crippen molar-refractivity contribution in [1.29, 1.82) is 0 Å². The molecule has 2 aliphatic heterocycles. The Morgan fingerprint density at radius 1 is 1.17 bits per heavy atom. The van der Waals surface area contributed by atoms with Crippen molar-refractivity contribution in [2.75, 3.05) is 38.6 Å². The normalized spacial score (nSPS) is 26.2. The van der Waals surface area contributed by atoms with Gasteiger partial charge >= 0.3 is 0 Å². The zero-order chi connectivity index (χ0) is 24.7. The number of anilines is 1. The van der Waals surface area contributed by atoms with E-state index < -0.39 is 5.92 Å². The molecule has 0 unspecified atom stereocenters. The first-order chi connectivity index (χ1) is 17.4. The van der Waals surface area contributed by atoms with Crippen LogP contribution in [0, 0.1) is 5.92 Å². The van der Waals surface area contributed by atoms with Gasteiger partial charge < -0.3 is 24.7 Å². The minimum atomic E-state index is -2.49. The summed E-state index contributed by atoms with van der Waals surface area (Å²) in [7, 11) is 0. The minimum absolute atomic E-state index is 0.0264. The number of rotatable bonds is 7. The van der Waals surface area contributed by atoms with Crippen LogP contribution in [0.2, 0.25) is 0 Å². The summed E-state index contributed by atoms with van der Waals surface area (Å²) < 4.78 is 40.9. The molecule has 36 heavy (non-hydrogen) atoms. The van der Waals surface area contributed by atoms with Gasteiger partial charge in [0.25, 0.3) is 5.92 Å². The first-order valence-electron chi connectivity index (χ1n) is 13.0. The van der Waals surface area contributed by atoms with Gasteiger partial charge in [-0.25, -0.2) is 18.7 Å². The largest absolute Gasteiger partial charge is 0.491 e. The Kier molecular flexibility index (Phi) is 6.29. The number of benzene rings is 1. The Hall–Kier alpha value is -2.78. The topological polar surface area (TPSA) is 78.4 Å². The summed E-state index contributed by atoms with van der Waals surface area (Å²) in [6, 6.07) is 8.36. The number of ether oxygens (including phenoxy) is 2. The predicted octanol–water partition coefficient (Wildman–Crippen LogP) is 4.92. The minimum Gasteiger partial charge on any atom is -0.491 e. The van der Waals surface area contributed by atoms with E-state index in [0.29, 0.717) is 37.5 Å². The van der Waals surface area contributed by atoms with Crippen LogP contribution in [0.3, 0.4) is 0 Å². The molecule has 2 saturated heterocycles. The molecule has 1 aromatic carbocycles. The number of hydrogen-bond donors (Lipinski definition) is 1. The second-order valence-electron chi connectivity index (χ2n) is 10.5. The molecular formula is C27H33F2N5O2. The quantitative estimate of drug-likeness (QED) is 0.499. The molecule has 3 fully saturated rings. The molecular weight excluding hydrogens is 464 g/mol. The molecule has 0 bridgehead atoms. The highest BCUT2D eigenvalue weighted by molar-refractivity contribution is 6.00. The lowest BCUT2D eigenvalue weighted by Gasteiger charge is -2.41. The number of alkyl halides is 2. The van der Waals surface area contributed by atoms with Crippen LogP contribution in [0.15, 0.2) is 36.8 Å². The highest BCUT2D eigenvalue weighted by Gasteiger charge is 2.38. The fraction of sp³-hybridized carbons (Fsp3) is 0.556. The molecule has 1 atom stereocenters. The van der Waals surface area contributed by atoms with Gasteiger partial charge in [-0.3, -0.25) is 0 Å². The van der Waals surface area contributed by atoms with E-state index in [4.69, 9.17) is 15.2 Å². The van der Waals surface area contributed by atoms with Crippen LogP contribution < -0.4 is 10.5 Å². The Labute approximate surface area is 209 Å². The lowest BCUT2D eigenvalue weighted by atomic mass is 9.79. The molecule has 4 heterocycles. The summed E-state index contributed by atoms with van der Waals surface area (Å²) in [4.78, 5) is 11.0. The summed E-state index contributed by atoms with van der Waals surface area (Å²) in [5.74, 6) is -0.721. The number of aromatic nitrogens is 3. The highest BCUT2D eigenvalue weighted by atomic mass is 19.3. The summed E-state index contributed by atoms with van der Waals surface area (Å²) in [6.45, 7) is 3.22. The first-order valence-corrected chi connectivity index (χ1v) is 13.0. The van der Waals surface area contributed by atoms with Crippen molar-refractivity contribution < 1.29 is 18.3 Å². The lowest BCUT2D eigenvalue weighted by molar-refractivity contribution is -0.0603. The van der Waals surface area contributed by atoms with E-state index in [2.05, 4.69) is 31.7 Å². The van der Waals surface area contributed by atoms with E-state index in [1.807, 2.05) is 18.2 Å². The van der Waals surface area contributed by atoms with E-state index in [9.17, 15) is 8.78 Å². The molecule has 0 radical (unpaired) electrons. The second-order valence-corrected chi connectivity index (χ2v) is 10.5. The fourth-order valence-corrected chi connectivity index (χ4v) is 5.83. The number of nitrogens with zero attached hydrogens (tertiary/aromatic N) is 4. The van der Waals surface area contributed by atoms with E-state index in [1.165, 1.54) is 6.33 Å². The van der Waals surface area contributed by atoms with E-state index in [1.54, 1.807) is 0 Å². The van der Waals surface area contributed by atoms with Crippen molar-refractivity contribution in [2.45, 2.75) is 56.6 Å². The average Bonchev–Trinajstić information content (AvgIpc) is 3.50. The van der Waals surface area contributed by atoms with Gasteiger partial charge in [0.1, 0.15) is 30.1 Å². The number of hydrogen-bond acceptors (Lipinski definition) is 6. The van der Waals surface area contributed by atoms with Gasteiger partial charge in [0.15, 0.2) is 0 Å². The maximum Gasteiger partial charge on any atom is 0.250 e. The smallest absolute Gasteiger partial charge is 0.250 e. The molecule has 2 N–H and O–H groups in total. The Morgan fingerprint density at radius 2 is 2.00 bits per heavy atom. The van der Waals surface area contributed by atoms with Crippen LogP contribution in [0.25, 0.3) is 22.2 Å². The maximum atomic E-state index is 13.5. The first kappa shape index (κ1) is 23.6. The molecule has 0 spiro atoms. The van der Waals surface area contributed by atoms with Crippen LogP contribution in [-0.4, -0.2) is 64.3 Å². The molecule has 1 aliphatic carbocycles. The number of nitrogen functional groups attached to an aromatic ring is 1. The number of piperidine rings is 1. The van der Waals surface area contributed by atoms with Crippen molar-refractivity contribution in [3.8, 4) is 16.9 Å². The van der Waals surface area contributed by atoms with Gasteiger partial charge in [-0.2, -0.15) is 0 Å². The molecule has 0 amide bonds. The molecule has 6 rings (SSSR count). The van der Waals surface area contributed by atoms with E-state index in [-0.39, 0.29) is 18.9 Å². The van der Waals surface area contributed by atoms with Gasteiger partial charge in [0.2, 0.25) is 0 Å². The predicted molar refractivity (Wildman–Crippen MR) is 134 cm³/mol. The van der Waals surface area contributed by atoms with Gasteiger partial charge in [0, 0.05) is 56.9 Å². The SMILES string of the molecule is Nc1ncnc2c1c(-c1cccc(OC[C@@H]3CCCO3)c1)cn2[C@H]1C[C@@H](CN2CCC(F)(F)CC2)C1. The Bertz CT molecular complexity index is 1210. The Balaban J connectivity index is 1.18. The van der Waals surface area contributed by atoms with E-state index >= 15 is 0 Å². The molecule has 9 heteroatoms. The highest BCUT2D eigenvalue weighted by Crippen LogP contribution is 2.44. The third-order valence-corrected chi connectivity index (χ3v) is 7.95. The zero-order valence-electron chi connectivity index (χ0n) is 20.4. The average molecular weight is 498 g/mol. The molecule has 3 aromatic rings. The Morgan fingerprint density at radius 3 is 2.78 bits per heavy atom. The standard InChI is InChI=1S/C27H33F2N5O2/c28-27(29)6-8-33(9-7-27)14-18-11-20(12-18)34-15-23(24-25(30)31-17-32-26(24)34)19-3-1-4-21(13-19)36-16-22-5-2-10-35-22/h1,3-4,13,15,17-18,20,22H,2,5-12,14,16H2,(H2,30,31,32)/t18-,20+,22-/m0/s1. The summed E-state index contributed by atoms with van der Waals surface area (Å²) >= 11 is 0. The molecule has 7 nitrogen and oxygen atoms in total. The van der Waals surface area contributed by atoms with Gasteiger partial charge in [-0.05, 0) is 49.3 Å². The second kappa shape index (κ2) is 9.59. The third-order valence-electron chi connectivity index (χ3n) is 7.95. The van der Waals surface area contributed by atoms with Crippen molar-refractivity contribution in [1.82, 2.24) is 19.4 Å². The number of likely N-dealkylation sites (tertiary alicyclic amines) is 1. The van der Waals surface area contributed by atoms with Gasteiger partial charge in [-0.1, -0.05) is 12.1 Å². The van der Waals surface area contributed by atoms with Crippen molar-refractivity contribution in [3.63, 3.8) is 0 Å². The number of halogens is 2. The molecule has 1 saturated carbocycles. The maximum absolute atomic E-state index is 13.5. The van der Waals surface area contributed by atoms with Crippen LogP contribution >= 0.6 is 0 Å². The monoisotopic (exact) mass is 497 g/mol. The molecule has 3 aliphatic rings. The molecule has 2 aromatic heterocycles.